The lowest BCUT2D eigenvalue weighted by molar-refractivity contribution is -0.139. The number of aliphatic hydroxyl groups excluding tert-OH is 1. The number of morpholine rings is 1. The van der Waals surface area contributed by atoms with Gasteiger partial charge in [0.1, 0.15) is 0 Å². The SMILES string of the molecule is Cc1nn(C)c(C)c1CC(=O)N1CCOC(CO)C1. The predicted molar refractivity (Wildman–Crippen MR) is 69.8 cm³/mol. The molecule has 1 N–H and O–H groups in total. The molecular formula is C13H21N3O3. The van der Waals surface area contributed by atoms with Gasteiger partial charge in [0, 0.05) is 31.4 Å². The van der Waals surface area contributed by atoms with Crippen LogP contribution in [0.25, 0.3) is 0 Å². The van der Waals surface area contributed by atoms with E-state index in [4.69, 9.17) is 9.84 Å². The van der Waals surface area contributed by atoms with Crippen molar-refractivity contribution in [3.8, 4) is 0 Å². The number of carbonyl (C=O) groups is 1. The highest BCUT2D eigenvalue weighted by Gasteiger charge is 2.25. The van der Waals surface area contributed by atoms with Gasteiger partial charge in [0.15, 0.2) is 0 Å². The average molecular weight is 267 g/mol. The summed E-state index contributed by atoms with van der Waals surface area (Å²) in [6.07, 6.45) is 0.109. The first kappa shape index (κ1) is 14.0. The smallest absolute Gasteiger partial charge is 0.227 e. The molecule has 0 radical (unpaired) electrons. The maximum Gasteiger partial charge on any atom is 0.227 e. The first-order valence-corrected chi connectivity index (χ1v) is 6.52. The summed E-state index contributed by atoms with van der Waals surface area (Å²) in [5.41, 5.74) is 2.93. The number of hydrogen-bond donors (Lipinski definition) is 1. The molecule has 1 saturated heterocycles. The molecule has 1 aromatic heterocycles. The van der Waals surface area contributed by atoms with E-state index < -0.39 is 0 Å². The molecule has 6 heteroatoms. The molecule has 1 fully saturated rings. The molecule has 2 rings (SSSR count). The van der Waals surface area contributed by atoms with E-state index in [2.05, 4.69) is 5.10 Å². The summed E-state index contributed by atoms with van der Waals surface area (Å²) in [4.78, 5) is 14.1. The number of carbonyl (C=O) groups excluding carboxylic acids is 1. The maximum absolute atomic E-state index is 12.3. The Kier molecular flexibility index (Phi) is 4.21. The van der Waals surface area contributed by atoms with E-state index in [0.717, 1.165) is 17.0 Å². The van der Waals surface area contributed by atoms with Crippen LogP contribution in [0.1, 0.15) is 17.0 Å². The van der Waals surface area contributed by atoms with Gasteiger partial charge in [-0.15, -0.1) is 0 Å². The standard InChI is InChI=1S/C13H21N3O3/c1-9-12(10(2)15(3)14-9)6-13(18)16-4-5-19-11(7-16)8-17/h11,17H,4-8H2,1-3H3. The van der Waals surface area contributed by atoms with Gasteiger partial charge in [0.2, 0.25) is 5.91 Å². The van der Waals surface area contributed by atoms with Crippen LogP contribution in [0, 0.1) is 13.8 Å². The molecule has 1 aliphatic rings. The van der Waals surface area contributed by atoms with Gasteiger partial charge in [0.05, 0.1) is 31.4 Å². The van der Waals surface area contributed by atoms with Crippen molar-refractivity contribution in [1.82, 2.24) is 14.7 Å². The Balaban J connectivity index is 2.04. The Morgan fingerprint density at radius 3 is 2.84 bits per heavy atom. The number of rotatable bonds is 3. The summed E-state index contributed by atoms with van der Waals surface area (Å²) in [6.45, 7) is 5.39. The number of hydrogen-bond acceptors (Lipinski definition) is 4. The molecule has 1 amide bonds. The zero-order valence-electron chi connectivity index (χ0n) is 11.7. The van der Waals surface area contributed by atoms with Crippen LogP contribution in [-0.2, 0) is 23.0 Å². The molecule has 0 aromatic carbocycles. The molecule has 1 atom stereocenters. The number of ether oxygens (including phenoxy) is 1. The fourth-order valence-corrected chi connectivity index (χ4v) is 2.39. The molecule has 0 aliphatic carbocycles. The average Bonchev–Trinajstić information content (AvgIpc) is 2.65. The highest BCUT2D eigenvalue weighted by atomic mass is 16.5. The molecule has 6 nitrogen and oxygen atoms in total. The molecule has 1 unspecified atom stereocenters. The number of aryl methyl sites for hydroxylation is 2. The summed E-state index contributed by atoms with van der Waals surface area (Å²) in [7, 11) is 1.88. The monoisotopic (exact) mass is 267 g/mol. The summed E-state index contributed by atoms with van der Waals surface area (Å²) < 4.78 is 7.15. The lowest BCUT2D eigenvalue weighted by atomic mass is 10.1. The van der Waals surface area contributed by atoms with Crippen LogP contribution in [0.2, 0.25) is 0 Å². The fourth-order valence-electron chi connectivity index (χ4n) is 2.39. The maximum atomic E-state index is 12.3. The number of aromatic nitrogens is 2. The lowest BCUT2D eigenvalue weighted by Crippen LogP contribution is -2.47. The van der Waals surface area contributed by atoms with Crippen LogP contribution in [0.3, 0.4) is 0 Å². The van der Waals surface area contributed by atoms with Crippen LogP contribution in [-0.4, -0.2) is 58.1 Å². The Morgan fingerprint density at radius 2 is 2.26 bits per heavy atom. The quantitative estimate of drug-likeness (QED) is 0.823. The van der Waals surface area contributed by atoms with Crippen molar-refractivity contribution < 1.29 is 14.6 Å². The zero-order valence-corrected chi connectivity index (χ0v) is 11.7. The minimum absolute atomic E-state index is 0.0469. The van der Waals surface area contributed by atoms with E-state index in [-0.39, 0.29) is 18.6 Å². The van der Waals surface area contributed by atoms with E-state index >= 15 is 0 Å². The molecule has 2 heterocycles. The van der Waals surface area contributed by atoms with E-state index in [1.165, 1.54) is 0 Å². The highest BCUT2D eigenvalue weighted by Crippen LogP contribution is 2.15. The van der Waals surface area contributed by atoms with Gasteiger partial charge in [-0.2, -0.15) is 5.10 Å². The van der Waals surface area contributed by atoms with E-state index in [9.17, 15) is 4.79 Å². The van der Waals surface area contributed by atoms with Crippen molar-refractivity contribution >= 4 is 5.91 Å². The second kappa shape index (κ2) is 5.71. The van der Waals surface area contributed by atoms with E-state index in [0.29, 0.717) is 26.1 Å². The number of aliphatic hydroxyl groups is 1. The first-order chi connectivity index (χ1) is 9.02. The van der Waals surface area contributed by atoms with Crippen molar-refractivity contribution in [2.75, 3.05) is 26.3 Å². The van der Waals surface area contributed by atoms with Gasteiger partial charge in [-0.05, 0) is 13.8 Å². The molecule has 0 spiro atoms. The Morgan fingerprint density at radius 1 is 1.53 bits per heavy atom. The number of amides is 1. The number of nitrogens with zero attached hydrogens (tertiary/aromatic N) is 3. The molecule has 0 saturated carbocycles. The van der Waals surface area contributed by atoms with Crippen LogP contribution < -0.4 is 0 Å². The Bertz CT molecular complexity index is 470. The molecule has 1 aliphatic heterocycles. The normalized spacial score (nSPS) is 19.8. The van der Waals surface area contributed by atoms with Crippen molar-refractivity contribution in [2.45, 2.75) is 26.4 Å². The highest BCUT2D eigenvalue weighted by molar-refractivity contribution is 5.79. The lowest BCUT2D eigenvalue weighted by Gasteiger charge is -2.32. The van der Waals surface area contributed by atoms with Crippen LogP contribution in [0.15, 0.2) is 0 Å². The van der Waals surface area contributed by atoms with Crippen LogP contribution in [0.5, 0.6) is 0 Å². The van der Waals surface area contributed by atoms with Gasteiger partial charge < -0.3 is 14.7 Å². The summed E-state index contributed by atoms with van der Waals surface area (Å²) >= 11 is 0. The van der Waals surface area contributed by atoms with E-state index in [1.807, 2.05) is 20.9 Å². The molecule has 19 heavy (non-hydrogen) atoms. The van der Waals surface area contributed by atoms with Crippen molar-refractivity contribution in [2.24, 2.45) is 7.05 Å². The summed E-state index contributed by atoms with van der Waals surface area (Å²) in [5.74, 6) is 0.0703. The summed E-state index contributed by atoms with van der Waals surface area (Å²) in [5, 5.41) is 13.4. The summed E-state index contributed by atoms with van der Waals surface area (Å²) in [6, 6.07) is 0. The Labute approximate surface area is 113 Å². The molecule has 106 valence electrons. The predicted octanol–water partition coefficient (Wildman–Crippen LogP) is -0.201. The first-order valence-electron chi connectivity index (χ1n) is 6.52. The van der Waals surface area contributed by atoms with Gasteiger partial charge in [-0.25, -0.2) is 0 Å². The molecule has 0 bridgehead atoms. The zero-order chi connectivity index (χ0) is 14.0. The van der Waals surface area contributed by atoms with Crippen LogP contribution in [0.4, 0.5) is 0 Å². The van der Waals surface area contributed by atoms with Gasteiger partial charge in [0.25, 0.3) is 0 Å². The van der Waals surface area contributed by atoms with Gasteiger partial charge in [-0.3, -0.25) is 9.48 Å². The molecule has 1 aromatic rings. The van der Waals surface area contributed by atoms with Crippen molar-refractivity contribution in [3.63, 3.8) is 0 Å². The largest absolute Gasteiger partial charge is 0.394 e. The topological polar surface area (TPSA) is 67.6 Å². The fraction of sp³-hybridized carbons (Fsp3) is 0.692. The van der Waals surface area contributed by atoms with Crippen molar-refractivity contribution in [3.05, 3.63) is 17.0 Å². The minimum atomic E-state index is -0.256. The third kappa shape index (κ3) is 2.96. The van der Waals surface area contributed by atoms with Gasteiger partial charge >= 0.3 is 0 Å². The van der Waals surface area contributed by atoms with Crippen molar-refractivity contribution in [1.29, 1.82) is 0 Å². The third-order valence-corrected chi connectivity index (χ3v) is 3.68. The Hall–Kier alpha value is -1.40. The second-order valence-corrected chi connectivity index (χ2v) is 4.96. The third-order valence-electron chi connectivity index (χ3n) is 3.68. The second-order valence-electron chi connectivity index (χ2n) is 4.96. The minimum Gasteiger partial charge on any atom is -0.394 e. The van der Waals surface area contributed by atoms with Gasteiger partial charge in [-0.1, -0.05) is 0 Å². The molecular weight excluding hydrogens is 246 g/mol. The van der Waals surface area contributed by atoms with Crippen LogP contribution >= 0.6 is 0 Å². The van der Waals surface area contributed by atoms with E-state index in [1.54, 1.807) is 9.58 Å².